The van der Waals surface area contributed by atoms with E-state index in [-0.39, 0.29) is 0 Å². The molecule has 0 amide bonds. The summed E-state index contributed by atoms with van der Waals surface area (Å²) >= 11 is 0. The minimum absolute atomic E-state index is 0.404. The summed E-state index contributed by atoms with van der Waals surface area (Å²) in [6.45, 7) is 6.65. The third-order valence-corrected chi connectivity index (χ3v) is 3.94. The van der Waals surface area contributed by atoms with Gasteiger partial charge in [-0.1, -0.05) is 38.5 Å². The van der Waals surface area contributed by atoms with Gasteiger partial charge >= 0.3 is 0 Å². The van der Waals surface area contributed by atoms with Gasteiger partial charge in [-0.05, 0) is 44.0 Å². The van der Waals surface area contributed by atoms with Crippen molar-refractivity contribution in [1.82, 2.24) is 10.3 Å². The van der Waals surface area contributed by atoms with Crippen LogP contribution in [0, 0.1) is 12.8 Å². The van der Waals surface area contributed by atoms with E-state index < -0.39 is 0 Å². The number of hydrogen-bond donors (Lipinski definition) is 1. The zero-order valence-corrected chi connectivity index (χ0v) is 12.4. The van der Waals surface area contributed by atoms with Crippen molar-refractivity contribution in [2.24, 2.45) is 5.92 Å². The predicted octanol–water partition coefficient (Wildman–Crippen LogP) is 4.24. The van der Waals surface area contributed by atoms with Crippen LogP contribution in [0.1, 0.15) is 44.0 Å². The van der Waals surface area contributed by atoms with Gasteiger partial charge in [0.25, 0.3) is 0 Å². The molecule has 0 fully saturated rings. The van der Waals surface area contributed by atoms with E-state index in [1.165, 1.54) is 23.8 Å². The average Bonchev–Trinajstić information content (AvgIpc) is 2.43. The molecule has 0 bridgehead atoms. The largest absolute Gasteiger partial charge is 0.313 e. The fraction of sp³-hybridized carbons (Fsp3) is 0.471. The standard InChI is InChI=1S/C17H24N2/c1-5-12(2)10-17(18-4)15-11-13(3)19-16-9-7-6-8-14(15)16/h6-9,11-12,17-18H,5,10H2,1-4H3. The van der Waals surface area contributed by atoms with Crippen LogP contribution >= 0.6 is 0 Å². The highest BCUT2D eigenvalue weighted by atomic mass is 14.9. The lowest BCUT2D eigenvalue weighted by Crippen LogP contribution is -2.19. The molecule has 0 saturated heterocycles. The number of nitrogens with zero attached hydrogens (tertiary/aromatic N) is 1. The second kappa shape index (κ2) is 6.16. The zero-order valence-electron chi connectivity index (χ0n) is 12.4. The van der Waals surface area contributed by atoms with Gasteiger partial charge in [-0.25, -0.2) is 0 Å². The second-order valence-corrected chi connectivity index (χ2v) is 5.46. The minimum Gasteiger partial charge on any atom is -0.313 e. The minimum atomic E-state index is 0.404. The molecule has 2 unspecified atom stereocenters. The van der Waals surface area contributed by atoms with Crippen molar-refractivity contribution in [3.8, 4) is 0 Å². The van der Waals surface area contributed by atoms with E-state index in [0.29, 0.717) is 6.04 Å². The molecular weight excluding hydrogens is 232 g/mol. The zero-order chi connectivity index (χ0) is 13.8. The molecule has 19 heavy (non-hydrogen) atoms. The molecule has 2 heteroatoms. The molecule has 0 aliphatic heterocycles. The molecule has 2 nitrogen and oxygen atoms in total. The van der Waals surface area contributed by atoms with Gasteiger partial charge in [0.1, 0.15) is 0 Å². The summed E-state index contributed by atoms with van der Waals surface area (Å²) in [5.74, 6) is 0.727. The monoisotopic (exact) mass is 256 g/mol. The molecule has 0 spiro atoms. The van der Waals surface area contributed by atoms with Crippen LogP contribution in [0.5, 0.6) is 0 Å². The van der Waals surface area contributed by atoms with Gasteiger partial charge in [0.05, 0.1) is 5.52 Å². The maximum atomic E-state index is 4.62. The summed E-state index contributed by atoms with van der Waals surface area (Å²) in [6, 6.07) is 11.1. The lowest BCUT2D eigenvalue weighted by Gasteiger charge is -2.22. The molecule has 2 aromatic rings. The number of benzene rings is 1. The molecule has 1 aromatic carbocycles. The van der Waals surface area contributed by atoms with E-state index in [1.807, 2.05) is 0 Å². The molecule has 1 aromatic heterocycles. The lowest BCUT2D eigenvalue weighted by atomic mass is 9.92. The van der Waals surface area contributed by atoms with Crippen LogP contribution < -0.4 is 5.32 Å². The van der Waals surface area contributed by atoms with E-state index in [9.17, 15) is 0 Å². The Bertz CT molecular complexity index is 548. The highest BCUT2D eigenvalue weighted by Crippen LogP contribution is 2.29. The van der Waals surface area contributed by atoms with Crippen molar-refractivity contribution in [2.45, 2.75) is 39.7 Å². The van der Waals surface area contributed by atoms with Crippen LogP contribution in [0.2, 0.25) is 0 Å². The third-order valence-electron chi connectivity index (χ3n) is 3.94. The summed E-state index contributed by atoms with van der Waals surface area (Å²) in [7, 11) is 2.05. The van der Waals surface area contributed by atoms with Crippen molar-refractivity contribution >= 4 is 10.9 Å². The van der Waals surface area contributed by atoms with Crippen LogP contribution in [0.25, 0.3) is 10.9 Å². The van der Waals surface area contributed by atoms with Crippen molar-refractivity contribution in [2.75, 3.05) is 7.05 Å². The van der Waals surface area contributed by atoms with Gasteiger partial charge in [0, 0.05) is 17.1 Å². The number of pyridine rings is 1. The Labute approximate surface area is 116 Å². The highest BCUT2D eigenvalue weighted by Gasteiger charge is 2.16. The smallest absolute Gasteiger partial charge is 0.0708 e. The number of aryl methyl sites for hydroxylation is 1. The molecule has 0 aliphatic carbocycles. The first kappa shape index (κ1) is 14.0. The van der Waals surface area contributed by atoms with E-state index in [0.717, 1.165) is 17.1 Å². The Morgan fingerprint density at radius 2 is 2.00 bits per heavy atom. The normalized spacial score (nSPS) is 14.5. The molecule has 2 atom stereocenters. The Morgan fingerprint density at radius 1 is 1.26 bits per heavy atom. The van der Waals surface area contributed by atoms with Crippen LogP contribution in [-0.4, -0.2) is 12.0 Å². The average molecular weight is 256 g/mol. The Morgan fingerprint density at radius 3 is 2.68 bits per heavy atom. The maximum Gasteiger partial charge on any atom is 0.0708 e. The van der Waals surface area contributed by atoms with Crippen molar-refractivity contribution in [1.29, 1.82) is 0 Å². The molecule has 1 N–H and O–H groups in total. The van der Waals surface area contributed by atoms with Gasteiger partial charge in [-0.2, -0.15) is 0 Å². The SMILES string of the molecule is CCC(C)CC(NC)c1cc(C)nc2ccccc12. The van der Waals surface area contributed by atoms with Gasteiger partial charge in [-0.15, -0.1) is 0 Å². The Kier molecular flexibility index (Phi) is 4.54. The van der Waals surface area contributed by atoms with Crippen LogP contribution in [0.4, 0.5) is 0 Å². The summed E-state index contributed by atoms with van der Waals surface area (Å²) in [4.78, 5) is 4.62. The topological polar surface area (TPSA) is 24.9 Å². The fourth-order valence-electron chi connectivity index (χ4n) is 2.60. The first-order valence-corrected chi connectivity index (χ1v) is 7.19. The number of nitrogens with one attached hydrogen (secondary N) is 1. The first-order valence-electron chi connectivity index (χ1n) is 7.19. The van der Waals surface area contributed by atoms with Gasteiger partial charge in [0.15, 0.2) is 0 Å². The van der Waals surface area contributed by atoms with Crippen molar-refractivity contribution in [3.63, 3.8) is 0 Å². The van der Waals surface area contributed by atoms with Crippen LogP contribution in [0.3, 0.4) is 0 Å². The molecule has 0 saturated carbocycles. The van der Waals surface area contributed by atoms with Gasteiger partial charge < -0.3 is 5.32 Å². The Hall–Kier alpha value is -1.41. The molecule has 0 radical (unpaired) electrons. The van der Waals surface area contributed by atoms with Gasteiger partial charge in [0.2, 0.25) is 0 Å². The Balaban J connectivity index is 2.46. The number of aromatic nitrogens is 1. The summed E-state index contributed by atoms with van der Waals surface area (Å²) in [5, 5.41) is 4.75. The summed E-state index contributed by atoms with van der Waals surface area (Å²) in [6.07, 6.45) is 2.39. The summed E-state index contributed by atoms with van der Waals surface area (Å²) in [5.41, 5.74) is 3.57. The number of fused-ring (bicyclic) bond motifs is 1. The van der Waals surface area contributed by atoms with E-state index in [4.69, 9.17) is 0 Å². The highest BCUT2D eigenvalue weighted by molar-refractivity contribution is 5.82. The molecule has 2 rings (SSSR count). The first-order chi connectivity index (χ1) is 9.15. The van der Waals surface area contributed by atoms with E-state index in [2.05, 4.69) is 68.5 Å². The fourth-order valence-corrected chi connectivity index (χ4v) is 2.60. The number of rotatable bonds is 5. The van der Waals surface area contributed by atoms with E-state index >= 15 is 0 Å². The maximum absolute atomic E-state index is 4.62. The predicted molar refractivity (Wildman–Crippen MR) is 82.4 cm³/mol. The lowest BCUT2D eigenvalue weighted by molar-refractivity contribution is 0.423. The summed E-state index contributed by atoms with van der Waals surface area (Å²) < 4.78 is 0. The van der Waals surface area contributed by atoms with Crippen molar-refractivity contribution < 1.29 is 0 Å². The molecule has 102 valence electrons. The van der Waals surface area contributed by atoms with Crippen LogP contribution in [0.15, 0.2) is 30.3 Å². The van der Waals surface area contributed by atoms with Crippen molar-refractivity contribution in [3.05, 3.63) is 41.6 Å². The number of hydrogen-bond acceptors (Lipinski definition) is 2. The van der Waals surface area contributed by atoms with Gasteiger partial charge in [-0.3, -0.25) is 4.98 Å². The second-order valence-electron chi connectivity index (χ2n) is 5.46. The van der Waals surface area contributed by atoms with Crippen LogP contribution in [-0.2, 0) is 0 Å². The molecule has 0 aliphatic rings. The number of para-hydroxylation sites is 1. The molecule has 1 heterocycles. The van der Waals surface area contributed by atoms with E-state index in [1.54, 1.807) is 0 Å². The quantitative estimate of drug-likeness (QED) is 0.865. The molecular formula is C17H24N2. The third kappa shape index (κ3) is 3.13.